The summed E-state index contributed by atoms with van der Waals surface area (Å²) in [5, 5.41) is 3.31. The molecule has 1 spiro atoms. The van der Waals surface area contributed by atoms with Crippen molar-refractivity contribution in [2.75, 3.05) is 44.8 Å². The molecule has 0 aromatic carbocycles. The number of aromatic nitrogens is 2. The summed E-state index contributed by atoms with van der Waals surface area (Å²) < 4.78 is 11.7. The van der Waals surface area contributed by atoms with E-state index in [-0.39, 0.29) is 5.60 Å². The number of hydrogen-bond donors (Lipinski definition) is 1. The van der Waals surface area contributed by atoms with Gasteiger partial charge in [0.25, 0.3) is 0 Å². The predicted molar refractivity (Wildman–Crippen MR) is 87.3 cm³/mol. The number of hydrogen-bond acceptors (Lipinski definition) is 6. The van der Waals surface area contributed by atoms with E-state index >= 15 is 0 Å². The van der Waals surface area contributed by atoms with Crippen LogP contribution in [0.15, 0.2) is 18.5 Å². The molecule has 0 amide bonds. The van der Waals surface area contributed by atoms with E-state index in [9.17, 15) is 0 Å². The number of likely N-dealkylation sites (tertiary alicyclic amines) is 1. The first-order chi connectivity index (χ1) is 11.3. The largest absolute Gasteiger partial charge is 0.381 e. The van der Waals surface area contributed by atoms with Gasteiger partial charge in [0.2, 0.25) is 5.95 Å². The van der Waals surface area contributed by atoms with Crippen molar-refractivity contribution in [1.29, 1.82) is 0 Å². The molecule has 0 unspecified atom stereocenters. The third-order valence-corrected chi connectivity index (χ3v) is 5.44. The summed E-state index contributed by atoms with van der Waals surface area (Å²) in [5.74, 6) is 1.27. The first kappa shape index (κ1) is 15.3. The number of ether oxygens (including phenoxy) is 2. The Morgan fingerprint density at radius 2 is 1.96 bits per heavy atom. The van der Waals surface area contributed by atoms with Crippen molar-refractivity contribution < 1.29 is 9.47 Å². The van der Waals surface area contributed by atoms with Crippen molar-refractivity contribution in [1.82, 2.24) is 14.9 Å². The van der Waals surface area contributed by atoms with Gasteiger partial charge >= 0.3 is 0 Å². The van der Waals surface area contributed by atoms with Gasteiger partial charge in [-0.05, 0) is 37.7 Å². The highest BCUT2D eigenvalue weighted by atomic mass is 16.5. The van der Waals surface area contributed by atoms with Gasteiger partial charge in [-0.15, -0.1) is 0 Å². The van der Waals surface area contributed by atoms with E-state index in [4.69, 9.17) is 9.47 Å². The summed E-state index contributed by atoms with van der Waals surface area (Å²) in [4.78, 5) is 11.0. The Balaban J connectivity index is 1.20. The second kappa shape index (κ2) is 6.71. The normalized spacial score (nSPS) is 28.4. The van der Waals surface area contributed by atoms with Crippen molar-refractivity contribution in [3.63, 3.8) is 0 Å². The average molecular weight is 318 g/mol. The van der Waals surface area contributed by atoms with Gasteiger partial charge in [-0.3, -0.25) is 4.90 Å². The molecule has 126 valence electrons. The molecule has 23 heavy (non-hydrogen) atoms. The van der Waals surface area contributed by atoms with Crippen LogP contribution in [0.3, 0.4) is 0 Å². The Kier molecular flexibility index (Phi) is 4.46. The van der Waals surface area contributed by atoms with E-state index in [0.29, 0.717) is 17.9 Å². The molecule has 3 aliphatic rings. The average Bonchev–Trinajstić information content (AvgIpc) is 2.60. The van der Waals surface area contributed by atoms with Crippen LogP contribution < -0.4 is 5.32 Å². The highest BCUT2D eigenvalue weighted by molar-refractivity contribution is 5.22. The van der Waals surface area contributed by atoms with Crippen LogP contribution in [-0.4, -0.2) is 66.0 Å². The molecule has 3 aliphatic heterocycles. The van der Waals surface area contributed by atoms with Gasteiger partial charge < -0.3 is 14.8 Å². The lowest BCUT2D eigenvalue weighted by atomic mass is 9.81. The fourth-order valence-electron chi connectivity index (χ4n) is 3.96. The predicted octanol–water partition coefficient (Wildman–Crippen LogP) is 1.55. The molecule has 1 aromatic rings. The van der Waals surface area contributed by atoms with Crippen LogP contribution in [0.2, 0.25) is 0 Å². The molecule has 3 fully saturated rings. The molecular weight excluding hydrogens is 292 g/mol. The lowest BCUT2D eigenvalue weighted by Crippen LogP contribution is -2.67. The summed E-state index contributed by atoms with van der Waals surface area (Å²) in [6.07, 6.45) is 8.29. The monoisotopic (exact) mass is 318 g/mol. The minimum absolute atomic E-state index is 0.137. The number of anilines is 1. The lowest BCUT2D eigenvalue weighted by molar-refractivity contribution is -0.193. The Labute approximate surface area is 137 Å². The Hall–Kier alpha value is -1.24. The summed E-state index contributed by atoms with van der Waals surface area (Å²) >= 11 is 0. The molecule has 6 heteroatoms. The van der Waals surface area contributed by atoms with Gasteiger partial charge in [0, 0.05) is 51.3 Å². The molecule has 1 aromatic heterocycles. The fourth-order valence-corrected chi connectivity index (χ4v) is 3.96. The third-order valence-electron chi connectivity index (χ3n) is 5.44. The summed E-state index contributed by atoms with van der Waals surface area (Å²) in [6, 6.07) is 2.55. The molecule has 1 N–H and O–H groups in total. The number of nitrogens with one attached hydrogen (secondary N) is 1. The lowest BCUT2D eigenvalue weighted by Gasteiger charge is -2.55. The first-order valence-electron chi connectivity index (χ1n) is 8.80. The Bertz CT molecular complexity index is 491. The van der Waals surface area contributed by atoms with E-state index in [1.807, 2.05) is 6.07 Å². The maximum atomic E-state index is 6.27. The Morgan fingerprint density at radius 3 is 2.65 bits per heavy atom. The van der Waals surface area contributed by atoms with Crippen LogP contribution in [0, 0.1) is 5.92 Å². The van der Waals surface area contributed by atoms with Gasteiger partial charge in [0.05, 0.1) is 12.2 Å². The van der Waals surface area contributed by atoms with Crippen LogP contribution in [0.1, 0.15) is 25.7 Å². The smallest absolute Gasteiger partial charge is 0.222 e. The van der Waals surface area contributed by atoms with Crippen molar-refractivity contribution in [2.45, 2.75) is 37.3 Å². The SMILES string of the molecule is c1cnc(NC[C@H]2CCC3(CN(C4CCOCC4)C3)OC2)nc1. The molecule has 3 saturated heterocycles. The molecule has 6 nitrogen and oxygen atoms in total. The van der Waals surface area contributed by atoms with Crippen molar-refractivity contribution in [3.8, 4) is 0 Å². The first-order valence-corrected chi connectivity index (χ1v) is 8.80. The highest BCUT2D eigenvalue weighted by Crippen LogP contribution is 2.38. The van der Waals surface area contributed by atoms with E-state index in [0.717, 1.165) is 39.5 Å². The second-order valence-corrected chi connectivity index (χ2v) is 7.10. The van der Waals surface area contributed by atoms with Crippen molar-refractivity contribution >= 4 is 5.95 Å². The van der Waals surface area contributed by atoms with Crippen LogP contribution in [0.25, 0.3) is 0 Å². The van der Waals surface area contributed by atoms with Crippen molar-refractivity contribution in [2.24, 2.45) is 5.92 Å². The van der Waals surface area contributed by atoms with Gasteiger partial charge in [0.15, 0.2) is 0 Å². The van der Waals surface area contributed by atoms with Gasteiger partial charge in [0.1, 0.15) is 0 Å². The second-order valence-electron chi connectivity index (χ2n) is 7.10. The van der Waals surface area contributed by atoms with Gasteiger partial charge in [-0.2, -0.15) is 0 Å². The standard InChI is InChI=1S/C17H26N4O2/c1-6-18-16(19-7-1)20-10-14-2-5-17(23-11-14)12-21(13-17)15-3-8-22-9-4-15/h1,6-7,14-15H,2-5,8-13H2,(H,18,19,20)/t14-/m1/s1. The zero-order chi connectivity index (χ0) is 15.5. The summed E-state index contributed by atoms with van der Waals surface area (Å²) in [5.41, 5.74) is 0.137. The van der Waals surface area contributed by atoms with E-state index < -0.39 is 0 Å². The zero-order valence-corrected chi connectivity index (χ0v) is 13.6. The number of rotatable bonds is 4. The summed E-state index contributed by atoms with van der Waals surface area (Å²) in [7, 11) is 0. The topological polar surface area (TPSA) is 59.5 Å². The minimum Gasteiger partial charge on any atom is -0.381 e. The van der Waals surface area contributed by atoms with Gasteiger partial charge in [-0.1, -0.05) is 0 Å². The molecule has 1 atom stereocenters. The summed E-state index contributed by atoms with van der Waals surface area (Å²) in [6.45, 7) is 5.80. The highest BCUT2D eigenvalue weighted by Gasteiger charge is 2.48. The molecule has 4 heterocycles. The third kappa shape index (κ3) is 3.49. The van der Waals surface area contributed by atoms with Crippen molar-refractivity contribution in [3.05, 3.63) is 18.5 Å². The minimum atomic E-state index is 0.137. The molecule has 0 bridgehead atoms. The molecule has 0 saturated carbocycles. The Morgan fingerprint density at radius 1 is 1.17 bits per heavy atom. The zero-order valence-electron chi connectivity index (χ0n) is 13.6. The maximum Gasteiger partial charge on any atom is 0.222 e. The van der Waals surface area contributed by atoms with E-state index in [1.165, 1.54) is 25.7 Å². The quantitative estimate of drug-likeness (QED) is 0.909. The van der Waals surface area contributed by atoms with Crippen LogP contribution in [-0.2, 0) is 9.47 Å². The molecule has 0 radical (unpaired) electrons. The van der Waals surface area contributed by atoms with Crippen LogP contribution in [0.5, 0.6) is 0 Å². The fraction of sp³-hybridized carbons (Fsp3) is 0.765. The molecular formula is C17H26N4O2. The molecule has 4 rings (SSSR count). The van der Waals surface area contributed by atoms with E-state index in [2.05, 4.69) is 20.2 Å². The van der Waals surface area contributed by atoms with Crippen LogP contribution in [0.4, 0.5) is 5.95 Å². The maximum absolute atomic E-state index is 6.27. The van der Waals surface area contributed by atoms with Gasteiger partial charge in [-0.25, -0.2) is 9.97 Å². The number of nitrogens with zero attached hydrogens (tertiary/aromatic N) is 3. The van der Waals surface area contributed by atoms with Crippen LogP contribution >= 0.6 is 0 Å². The molecule has 0 aliphatic carbocycles. The van der Waals surface area contributed by atoms with E-state index in [1.54, 1.807) is 12.4 Å².